The molecule has 3 aliphatic heterocycles. The topological polar surface area (TPSA) is 45.2 Å². The molecule has 1 amide bonds. The van der Waals surface area contributed by atoms with Crippen LogP contribution < -0.4 is 9.47 Å². The Hall–Kier alpha value is -2.99. The van der Waals surface area contributed by atoms with Gasteiger partial charge in [-0.3, -0.25) is 4.79 Å². The van der Waals surface area contributed by atoms with E-state index < -0.39 is 41.2 Å². The third-order valence-corrected chi connectivity index (χ3v) is 10.2. The van der Waals surface area contributed by atoms with E-state index in [0.717, 1.165) is 44.5 Å². The quantitative estimate of drug-likeness (QED) is 0.229. The minimum Gasteiger partial charge on any atom is -0.490 e. The average molecular weight is 684 g/mol. The number of nitrogens with zero attached hydrogens (tertiary/aromatic N) is 3. The summed E-state index contributed by atoms with van der Waals surface area (Å²) in [4.78, 5) is 20.3. The zero-order chi connectivity index (χ0) is 34.5. The Bertz CT molecular complexity index is 1350. The highest BCUT2D eigenvalue weighted by molar-refractivity contribution is 5.79. The van der Waals surface area contributed by atoms with Crippen LogP contribution in [0.5, 0.6) is 11.5 Å². The van der Waals surface area contributed by atoms with Crippen molar-refractivity contribution in [1.29, 1.82) is 0 Å². The first kappa shape index (κ1) is 36.3. The molecule has 1 atom stereocenters. The third-order valence-electron chi connectivity index (χ3n) is 10.2. The van der Waals surface area contributed by atoms with E-state index in [1.165, 1.54) is 32.4 Å². The van der Waals surface area contributed by atoms with Gasteiger partial charge in [-0.25, -0.2) is 0 Å². The minimum absolute atomic E-state index is 0.0894. The molecule has 0 aliphatic carbocycles. The van der Waals surface area contributed by atoms with E-state index >= 15 is 0 Å². The maximum absolute atomic E-state index is 13.6. The molecule has 0 aromatic heterocycles. The zero-order valence-electron chi connectivity index (χ0n) is 27.9. The normalized spacial score (nSPS) is 21.9. The average Bonchev–Trinajstić information content (AvgIpc) is 3.50. The summed E-state index contributed by atoms with van der Waals surface area (Å²) in [5, 5.41) is 0. The molecule has 0 saturated carbocycles. The minimum atomic E-state index is -4.98. The van der Waals surface area contributed by atoms with Crippen LogP contribution in [-0.4, -0.2) is 85.7 Å². The fourth-order valence-corrected chi connectivity index (χ4v) is 7.62. The molecule has 0 spiro atoms. The predicted molar refractivity (Wildman–Crippen MR) is 171 cm³/mol. The lowest BCUT2D eigenvalue weighted by molar-refractivity contribution is -0.143. The number of ether oxygens (including phenoxy) is 2. The number of rotatable bonds is 11. The molecule has 5 rings (SSSR count). The summed E-state index contributed by atoms with van der Waals surface area (Å²) in [5.41, 5.74) is -2.64. The van der Waals surface area contributed by atoms with Crippen LogP contribution in [0.1, 0.15) is 81.0 Å². The highest BCUT2D eigenvalue weighted by Gasteiger charge is 2.43. The number of alkyl halides is 6. The van der Waals surface area contributed by atoms with Crippen molar-refractivity contribution >= 4 is 5.91 Å². The fourth-order valence-electron chi connectivity index (χ4n) is 7.62. The van der Waals surface area contributed by atoms with Gasteiger partial charge in [0.1, 0.15) is 0 Å². The number of likely N-dealkylation sites (tertiary alicyclic amines) is 3. The summed E-state index contributed by atoms with van der Waals surface area (Å²) in [5.74, 6) is 0.726. The molecule has 3 heterocycles. The van der Waals surface area contributed by atoms with Gasteiger partial charge >= 0.3 is 12.4 Å². The van der Waals surface area contributed by atoms with Crippen LogP contribution in [0.4, 0.5) is 26.3 Å². The Kier molecular flexibility index (Phi) is 11.5. The zero-order valence-corrected chi connectivity index (χ0v) is 27.9. The van der Waals surface area contributed by atoms with Crippen molar-refractivity contribution in [1.82, 2.24) is 14.7 Å². The van der Waals surface area contributed by atoms with Crippen LogP contribution in [0.15, 0.2) is 36.4 Å². The van der Waals surface area contributed by atoms with Crippen molar-refractivity contribution in [2.24, 2.45) is 0 Å². The Balaban J connectivity index is 1.35. The van der Waals surface area contributed by atoms with Gasteiger partial charge in [0.25, 0.3) is 0 Å². The SMILES string of the molecule is CCOc1ccc([C@]2(CCN3CCC(N4CCCCC4)CC3)CCN(C(=O)Cc3cc(C(F)(F)F)cc(C(F)(F)F)c3)C2)cc1OCC. The van der Waals surface area contributed by atoms with Gasteiger partial charge in [-0.15, -0.1) is 0 Å². The van der Waals surface area contributed by atoms with E-state index in [1.54, 1.807) is 4.90 Å². The summed E-state index contributed by atoms with van der Waals surface area (Å²) >= 11 is 0. The molecule has 0 N–H and O–H groups in total. The van der Waals surface area contributed by atoms with Crippen molar-refractivity contribution in [2.45, 2.75) is 89.0 Å². The van der Waals surface area contributed by atoms with Gasteiger partial charge in [-0.05, 0) is 127 Å². The summed E-state index contributed by atoms with van der Waals surface area (Å²) in [6, 6.07) is 7.83. The molecule has 48 heavy (non-hydrogen) atoms. The van der Waals surface area contributed by atoms with E-state index in [4.69, 9.17) is 9.47 Å². The molecule has 0 radical (unpaired) electrons. The number of carbonyl (C=O) groups excluding carboxylic acids is 1. The van der Waals surface area contributed by atoms with E-state index in [1.807, 2.05) is 32.0 Å². The van der Waals surface area contributed by atoms with E-state index in [0.29, 0.717) is 62.4 Å². The molecular formula is C36H47F6N3O3. The molecule has 3 fully saturated rings. The van der Waals surface area contributed by atoms with Gasteiger partial charge in [0.05, 0.1) is 30.8 Å². The lowest BCUT2D eigenvalue weighted by Gasteiger charge is -2.41. The third kappa shape index (κ3) is 8.77. The highest BCUT2D eigenvalue weighted by atomic mass is 19.4. The number of benzene rings is 2. The number of hydrogen-bond acceptors (Lipinski definition) is 5. The van der Waals surface area contributed by atoms with Crippen molar-refractivity contribution in [3.63, 3.8) is 0 Å². The van der Waals surface area contributed by atoms with E-state index in [-0.39, 0.29) is 11.6 Å². The number of carbonyl (C=O) groups is 1. The summed E-state index contributed by atoms with van der Waals surface area (Å²) in [6.45, 7) is 10.5. The van der Waals surface area contributed by atoms with Gasteiger partial charge in [0, 0.05) is 24.5 Å². The summed E-state index contributed by atoms with van der Waals surface area (Å²) < 4.78 is 92.7. The van der Waals surface area contributed by atoms with Crippen LogP contribution in [0.2, 0.25) is 0 Å². The van der Waals surface area contributed by atoms with Gasteiger partial charge in [-0.2, -0.15) is 26.3 Å². The number of piperidine rings is 2. The molecule has 0 unspecified atom stereocenters. The van der Waals surface area contributed by atoms with Gasteiger partial charge < -0.3 is 24.2 Å². The van der Waals surface area contributed by atoms with Crippen LogP contribution in [0.25, 0.3) is 0 Å². The molecular weight excluding hydrogens is 636 g/mol. The van der Waals surface area contributed by atoms with Gasteiger partial charge in [-0.1, -0.05) is 12.5 Å². The van der Waals surface area contributed by atoms with Crippen molar-refractivity contribution < 1.29 is 40.6 Å². The summed E-state index contributed by atoms with van der Waals surface area (Å²) in [6.07, 6.45) is -3.08. The molecule has 3 aliphatic rings. The molecule has 3 saturated heterocycles. The molecule has 0 bridgehead atoms. The monoisotopic (exact) mass is 683 g/mol. The lowest BCUT2D eigenvalue weighted by Crippen LogP contribution is -2.47. The molecule has 2 aromatic carbocycles. The van der Waals surface area contributed by atoms with Crippen LogP contribution in [0, 0.1) is 0 Å². The lowest BCUT2D eigenvalue weighted by atomic mass is 9.76. The second kappa shape index (κ2) is 15.3. The second-order valence-electron chi connectivity index (χ2n) is 13.4. The Morgan fingerprint density at radius 3 is 2.04 bits per heavy atom. The van der Waals surface area contributed by atoms with E-state index in [9.17, 15) is 31.1 Å². The number of hydrogen-bond donors (Lipinski definition) is 0. The molecule has 2 aromatic rings. The summed E-state index contributed by atoms with van der Waals surface area (Å²) in [7, 11) is 0. The largest absolute Gasteiger partial charge is 0.490 e. The Morgan fingerprint density at radius 2 is 1.44 bits per heavy atom. The maximum Gasteiger partial charge on any atom is 0.416 e. The fraction of sp³-hybridized carbons (Fsp3) is 0.639. The molecule has 12 heteroatoms. The maximum atomic E-state index is 13.6. The van der Waals surface area contributed by atoms with Crippen molar-refractivity contribution in [2.75, 3.05) is 59.0 Å². The van der Waals surface area contributed by atoms with Crippen LogP contribution >= 0.6 is 0 Å². The number of amides is 1. The molecule has 6 nitrogen and oxygen atoms in total. The highest BCUT2D eigenvalue weighted by Crippen LogP contribution is 2.43. The molecule has 266 valence electrons. The van der Waals surface area contributed by atoms with Crippen molar-refractivity contribution in [3.05, 3.63) is 58.7 Å². The van der Waals surface area contributed by atoms with Crippen LogP contribution in [-0.2, 0) is 29.0 Å². The van der Waals surface area contributed by atoms with E-state index in [2.05, 4.69) is 9.80 Å². The van der Waals surface area contributed by atoms with Crippen LogP contribution in [0.3, 0.4) is 0 Å². The predicted octanol–water partition coefficient (Wildman–Crippen LogP) is 7.57. The first-order valence-corrected chi connectivity index (χ1v) is 17.2. The first-order valence-electron chi connectivity index (χ1n) is 17.2. The first-order chi connectivity index (χ1) is 22.8. The second-order valence-corrected chi connectivity index (χ2v) is 13.4. The Labute approximate surface area is 279 Å². The standard InChI is InChI=1S/C36H47F6N3O3/c1-3-47-31-9-8-27(24-32(31)48-4-2)34(12-18-43-16-10-30(11-17-43)44-14-6-5-7-15-44)13-19-45(25-34)33(46)22-26-20-28(35(37,38)39)23-29(21-26)36(40,41)42/h8-9,20-21,23-24,30H,3-7,10-19,22,25H2,1-2H3/t34-/m1/s1. The Morgan fingerprint density at radius 1 is 0.812 bits per heavy atom. The number of halogens is 6. The van der Waals surface area contributed by atoms with Gasteiger partial charge in [0.2, 0.25) is 5.91 Å². The van der Waals surface area contributed by atoms with Crippen molar-refractivity contribution in [3.8, 4) is 11.5 Å². The smallest absolute Gasteiger partial charge is 0.416 e. The van der Waals surface area contributed by atoms with Gasteiger partial charge in [0.15, 0.2) is 11.5 Å².